The number of ether oxygens (including phenoxy) is 1. The Labute approximate surface area is 170 Å². The molecular weight excluding hydrogens is 384 g/mol. The highest BCUT2D eigenvalue weighted by molar-refractivity contribution is 9.09. The summed E-state index contributed by atoms with van der Waals surface area (Å²) in [4.78, 5) is 0. The third-order valence-electron chi connectivity index (χ3n) is 9.62. The second-order valence-electron chi connectivity index (χ2n) is 10.6. The van der Waals surface area contributed by atoms with Gasteiger partial charge in [0.25, 0.3) is 0 Å². The van der Waals surface area contributed by atoms with Gasteiger partial charge >= 0.3 is 0 Å². The van der Waals surface area contributed by atoms with Crippen LogP contribution in [0.2, 0.25) is 0 Å². The van der Waals surface area contributed by atoms with E-state index in [0.717, 1.165) is 60.6 Å². The first-order valence-corrected chi connectivity index (χ1v) is 12.8. The maximum absolute atomic E-state index is 5.77. The molecule has 26 heavy (non-hydrogen) atoms. The molecule has 0 bridgehead atoms. The highest BCUT2D eigenvalue weighted by Gasteiger charge is 2.57. The lowest BCUT2D eigenvalue weighted by Gasteiger charge is -2.56. The number of alkyl halides is 1. The number of fused-ring (bicyclic) bond motifs is 5. The number of hydrogen-bond donors (Lipinski definition) is 0. The van der Waals surface area contributed by atoms with E-state index in [2.05, 4.69) is 36.7 Å². The third kappa shape index (κ3) is 3.34. The van der Waals surface area contributed by atoms with Crippen LogP contribution in [0.4, 0.5) is 0 Å². The molecule has 4 saturated carbocycles. The summed E-state index contributed by atoms with van der Waals surface area (Å²) in [5.74, 6) is 7.93. The molecule has 150 valence electrons. The molecule has 4 aliphatic rings. The molecule has 0 aliphatic heterocycles. The van der Waals surface area contributed by atoms with Crippen molar-refractivity contribution >= 4 is 15.9 Å². The molecule has 0 saturated heterocycles. The van der Waals surface area contributed by atoms with E-state index in [0.29, 0.717) is 5.41 Å². The van der Waals surface area contributed by atoms with E-state index in [1.807, 2.05) is 0 Å². The first-order chi connectivity index (χ1) is 12.6. The van der Waals surface area contributed by atoms with Crippen molar-refractivity contribution < 1.29 is 4.74 Å². The van der Waals surface area contributed by atoms with Crippen molar-refractivity contribution in [3.05, 3.63) is 0 Å². The molecular formula is C24H41BrO. The average molecular weight is 425 g/mol. The van der Waals surface area contributed by atoms with Gasteiger partial charge < -0.3 is 4.74 Å². The zero-order valence-electron chi connectivity index (χ0n) is 17.4. The molecule has 4 fully saturated rings. The van der Waals surface area contributed by atoms with Crippen LogP contribution >= 0.6 is 15.9 Å². The molecule has 0 aromatic heterocycles. The van der Waals surface area contributed by atoms with Gasteiger partial charge in [0.05, 0.1) is 0 Å². The molecule has 2 heteroatoms. The summed E-state index contributed by atoms with van der Waals surface area (Å²) in [6.45, 7) is 9.25. The Hall–Kier alpha value is 0.440. The van der Waals surface area contributed by atoms with Crippen molar-refractivity contribution in [1.29, 1.82) is 0 Å². The van der Waals surface area contributed by atoms with Gasteiger partial charge in [-0.05, 0) is 117 Å². The number of hydrogen-bond acceptors (Lipinski definition) is 1. The minimum atomic E-state index is 0.646. The molecule has 1 nitrogen and oxygen atoms in total. The van der Waals surface area contributed by atoms with Gasteiger partial charge in [-0.2, -0.15) is 0 Å². The van der Waals surface area contributed by atoms with Crippen LogP contribution < -0.4 is 0 Å². The fourth-order valence-corrected chi connectivity index (χ4v) is 8.92. The van der Waals surface area contributed by atoms with Gasteiger partial charge in [-0.25, -0.2) is 0 Å². The van der Waals surface area contributed by atoms with Crippen molar-refractivity contribution in [2.75, 3.05) is 18.5 Å². The molecule has 9 unspecified atom stereocenters. The summed E-state index contributed by atoms with van der Waals surface area (Å²) in [6.07, 6.45) is 13.6. The van der Waals surface area contributed by atoms with Crippen molar-refractivity contribution in [3.63, 3.8) is 0 Å². The first-order valence-electron chi connectivity index (χ1n) is 11.7. The molecule has 0 aromatic rings. The Kier molecular flexibility index (Phi) is 6.11. The third-order valence-corrected chi connectivity index (χ3v) is 10.6. The quantitative estimate of drug-likeness (QED) is 0.434. The van der Waals surface area contributed by atoms with E-state index in [4.69, 9.17) is 4.74 Å². The Morgan fingerprint density at radius 2 is 1.81 bits per heavy atom. The number of halogens is 1. The lowest BCUT2D eigenvalue weighted by molar-refractivity contribution is -0.0767. The van der Waals surface area contributed by atoms with Crippen LogP contribution in [-0.4, -0.2) is 18.5 Å². The van der Waals surface area contributed by atoms with Crippen molar-refractivity contribution in [1.82, 2.24) is 0 Å². The predicted molar refractivity (Wildman–Crippen MR) is 114 cm³/mol. The largest absolute Gasteiger partial charge is 0.381 e. The van der Waals surface area contributed by atoms with Crippen LogP contribution in [0.1, 0.15) is 78.6 Å². The molecule has 0 heterocycles. The van der Waals surface area contributed by atoms with E-state index in [1.165, 1.54) is 50.3 Å². The summed E-state index contributed by atoms with van der Waals surface area (Å²) in [5, 5.41) is 1.19. The first kappa shape index (κ1) is 19.7. The Bertz CT molecular complexity index is 479. The maximum atomic E-state index is 5.77. The van der Waals surface area contributed by atoms with Crippen LogP contribution in [0.15, 0.2) is 0 Å². The van der Waals surface area contributed by atoms with Crippen molar-refractivity contribution in [3.8, 4) is 0 Å². The fourth-order valence-electron chi connectivity index (χ4n) is 8.47. The van der Waals surface area contributed by atoms with Gasteiger partial charge in [0.1, 0.15) is 0 Å². The zero-order chi connectivity index (χ0) is 18.3. The molecule has 4 rings (SSSR count). The highest BCUT2D eigenvalue weighted by atomic mass is 79.9. The summed E-state index contributed by atoms with van der Waals surface area (Å²) < 4.78 is 5.77. The van der Waals surface area contributed by atoms with E-state index < -0.39 is 0 Å². The van der Waals surface area contributed by atoms with Crippen molar-refractivity contribution in [2.45, 2.75) is 78.6 Å². The maximum Gasteiger partial charge on any atom is 0.0494 e. The van der Waals surface area contributed by atoms with Gasteiger partial charge in [0, 0.05) is 18.5 Å². The lowest BCUT2D eigenvalue weighted by Crippen LogP contribution is -2.49. The van der Waals surface area contributed by atoms with Gasteiger partial charge in [0.2, 0.25) is 0 Å². The molecule has 0 spiro atoms. The molecule has 4 aliphatic carbocycles. The van der Waals surface area contributed by atoms with Crippen molar-refractivity contribution in [2.24, 2.45) is 52.8 Å². The highest BCUT2D eigenvalue weighted by Crippen LogP contribution is 2.65. The smallest absolute Gasteiger partial charge is 0.0494 e. The zero-order valence-corrected chi connectivity index (χ0v) is 19.0. The SMILES string of the molecule is CCOCC1CCC2C(CCC3C2CCC2(C)C(C(C)CBr)CCC32)C1. The predicted octanol–water partition coefficient (Wildman–Crippen LogP) is 6.94. The average Bonchev–Trinajstić information content (AvgIpc) is 3.02. The van der Waals surface area contributed by atoms with Gasteiger partial charge in [-0.15, -0.1) is 0 Å². The van der Waals surface area contributed by atoms with E-state index in [9.17, 15) is 0 Å². The Morgan fingerprint density at radius 3 is 2.58 bits per heavy atom. The minimum absolute atomic E-state index is 0.646. The van der Waals surface area contributed by atoms with E-state index in [-0.39, 0.29) is 0 Å². The van der Waals surface area contributed by atoms with Crippen LogP contribution in [0.3, 0.4) is 0 Å². The molecule has 0 amide bonds. The van der Waals surface area contributed by atoms with Gasteiger partial charge in [-0.3, -0.25) is 0 Å². The lowest BCUT2D eigenvalue weighted by atomic mass is 9.49. The number of rotatable bonds is 5. The van der Waals surface area contributed by atoms with Crippen LogP contribution in [-0.2, 0) is 4.74 Å². The van der Waals surface area contributed by atoms with Crippen LogP contribution in [0, 0.1) is 52.8 Å². The standard InChI is InChI=1S/C24H41BrO/c1-4-26-15-17-5-7-19-18(13-17)6-8-21-20(19)11-12-24(3)22(16(2)14-25)9-10-23(21)24/h16-23H,4-15H2,1-3H3. The molecule has 0 N–H and O–H groups in total. The fraction of sp³-hybridized carbons (Fsp3) is 1.00. The molecule has 0 aromatic carbocycles. The second-order valence-corrected chi connectivity index (χ2v) is 11.3. The Balaban J connectivity index is 1.44. The summed E-state index contributed by atoms with van der Waals surface area (Å²) in [6, 6.07) is 0. The Morgan fingerprint density at radius 1 is 1.00 bits per heavy atom. The van der Waals surface area contributed by atoms with Crippen LogP contribution in [0.25, 0.3) is 0 Å². The summed E-state index contributed by atoms with van der Waals surface area (Å²) in [7, 11) is 0. The monoisotopic (exact) mass is 424 g/mol. The second kappa shape index (κ2) is 8.05. The molecule has 0 radical (unpaired) electrons. The molecule has 9 atom stereocenters. The van der Waals surface area contributed by atoms with Crippen LogP contribution in [0.5, 0.6) is 0 Å². The summed E-state index contributed by atoms with van der Waals surface area (Å²) in [5.41, 5.74) is 0.646. The normalized spacial score (nSPS) is 49.2. The van der Waals surface area contributed by atoms with E-state index in [1.54, 1.807) is 12.8 Å². The van der Waals surface area contributed by atoms with Gasteiger partial charge in [0.15, 0.2) is 0 Å². The van der Waals surface area contributed by atoms with Gasteiger partial charge in [-0.1, -0.05) is 29.8 Å². The topological polar surface area (TPSA) is 9.23 Å². The summed E-state index contributed by atoms with van der Waals surface area (Å²) >= 11 is 3.79. The minimum Gasteiger partial charge on any atom is -0.381 e. The van der Waals surface area contributed by atoms with E-state index >= 15 is 0 Å².